The van der Waals surface area contributed by atoms with Crippen molar-refractivity contribution in [2.45, 2.75) is 38.1 Å². The number of rotatable bonds is 3. The smallest absolute Gasteiger partial charge is 0.298 e. The third kappa shape index (κ3) is 3.52. The Morgan fingerprint density at radius 3 is 2.62 bits per heavy atom. The van der Waals surface area contributed by atoms with Crippen molar-refractivity contribution in [3.63, 3.8) is 0 Å². The average molecular weight is 470 g/mol. The van der Waals surface area contributed by atoms with Crippen LogP contribution in [0.2, 0.25) is 10.0 Å². The second kappa shape index (κ2) is 8.03. The lowest BCUT2D eigenvalue weighted by atomic mass is 9.85. The maximum absolute atomic E-state index is 12.7. The molecule has 0 bridgehead atoms. The summed E-state index contributed by atoms with van der Waals surface area (Å²) in [5.74, 6) is 5.16. The highest BCUT2D eigenvalue weighted by molar-refractivity contribution is 6.42. The van der Waals surface area contributed by atoms with Gasteiger partial charge in [-0.25, -0.2) is 0 Å². The van der Waals surface area contributed by atoms with Crippen molar-refractivity contribution in [2.75, 3.05) is 30.4 Å². The monoisotopic (exact) mass is 469 g/mol. The van der Waals surface area contributed by atoms with Gasteiger partial charge in [-0.15, -0.1) is 0 Å². The molecule has 2 aliphatic heterocycles. The van der Waals surface area contributed by atoms with Crippen molar-refractivity contribution in [3.8, 4) is 11.8 Å². The zero-order valence-corrected chi connectivity index (χ0v) is 20.1. The summed E-state index contributed by atoms with van der Waals surface area (Å²) in [5.41, 5.74) is 2.33. The van der Waals surface area contributed by atoms with E-state index in [0.717, 1.165) is 22.5 Å². The van der Waals surface area contributed by atoms with Gasteiger partial charge in [-0.1, -0.05) is 47.3 Å². The number of hydrogen-bond acceptors (Lipinski definition) is 3. The first-order chi connectivity index (χ1) is 15.1. The number of anilines is 2. The van der Waals surface area contributed by atoms with E-state index in [9.17, 15) is 9.59 Å². The van der Waals surface area contributed by atoms with Gasteiger partial charge in [-0.05, 0) is 62.4 Å². The van der Waals surface area contributed by atoms with Gasteiger partial charge in [0.25, 0.3) is 5.91 Å². The van der Waals surface area contributed by atoms with Crippen molar-refractivity contribution in [2.24, 2.45) is 0 Å². The Morgan fingerprint density at radius 2 is 1.91 bits per heavy atom. The fraction of sp³-hybridized carbons (Fsp3) is 0.360. The highest BCUT2D eigenvalue weighted by Crippen LogP contribution is 2.45. The van der Waals surface area contributed by atoms with E-state index in [1.165, 1.54) is 0 Å². The molecule has 0 saturated carbocycles. The molecule has 32 heavy (non-hydrogen) atoms. The van der Waals surface area contributed by atoms with Crippen molar-refractivity contribution >= 4 is 46.4 Å². The molecule has 2 aromatic carbocycles. The summed E-state index contributed by atoms with van der Waals surface area (Å²) in [4.78, 5) is 28.6. The first-order valence-electron chi connectivity index (χ1n) is 10.5. The van der Waals surface area contributed by atoms with Crippen molar-refractivity contribution in [1.29, 1.82) is 0 Å². The number of fused-ring (bicyclic) bond motifs is 1. The number of hydrogen-bond donors (Lipinski definition) is 1. The minimum Gasteiger partial charge on any atom is -0.374 e. The first kappa shape index (κ1) is 22.5. The van der Waals surface area contributed by atoms with Gasteiger partial charge in [-0.2, -0.15) is 0 Å². The maximum Gasteiger partial charge on any atom is 0.298 e. The number of carbonyl (C=O) groups is 2. The lowest BCUT2D eigenvalue weighted by Crippen LogP contribution is -2.40. The van der Waals surface area contributed by atoms with Gasteiger partial charge in [0.1, 0.15) is 0 Å². The number of carbonyl (C=O) groups excluding carboxylic acids is 2. The van der Waals surface area contributed by atoms with Gasteiger partial charge in [0.15, 0.2) is 0 Å². The first-order valence-corrected chi connectivity index (χ1v) is 11.2. The molecule has 0 radical (unpaired) electrons. The molecule has 0 aromatic heterocycles. The highest BCUT2D eigenvalue weighted by Gasteiger charge is 2.45. The van der Waals surface area contributed by atoms with Gasteiger partial charge in [0, 0.05) is 31.5 Å². The Balaban J connectivity index is 1.76. The van der Waals surface area contributed by atoms with Gasteiger partial charge >= 0.3 is 0 Å². The molecule has 1 N–H and O–H groups in total. The topological polar surface area (TPSA) is 52.7 Å². The molecule has 7 heteroatoms. The van der Waals surface area contributed by atoms with E-state index in [0.29, 0.717) is 29.6 Å². The number of amides is 2. The Labute approximate surface area is 198 Å². The van der Waals surface area contributed by atoms with E-state index in [-0.39, 0.29) is 11.8 Å². The van der Waals surface area contributed by atoms with Crippen LogP contribution in [0.1, 0.15) is 38.3 Å². The number of nitrogens with one attached hydrogen (secondary N) is 1. The fourth-order valence-electron chi connectivity index (χ4n) is 4.77. The molecule has 1 unspecified atom stereocenters. The van der Waals surface area contributed by atoms with Crippen molar-refractivity contribution in [3.05, 3.63) is 57.6 Å². The van der Waals surface area contributed by atoms with Crippen LogP contribution in [0.25, 0.3) is 0 Å². The van der Waals surface area contributed by atoms with Crippen molar-refractivity contribution in [1.82, 2.24) is 4.90 Å². The van der Waals surface area contributed by atoms with Crippen LogP contribution in [0.5, 0.6) is 0 Å². The van der Waals surface area contributed by atoms with Crippen LogP contribution in [0.15, 0.2) is 36.4 Å². The van der Waals surface area contributed by atoms with Gasteiger partial charge in [0.2, 0.25) is 5.91 Å². The molecule has 0 spiro atoms. The molecule has 166 valence electrons. The van der Waals surface area contributed by atoms with Gasteiger partial charge < -0.3 is 15.1 Å². The van der Waals surface area contributed by atoms with Crippen LogP contribution >= 0.6 is 23.2 Å². The largest absolute Gasteiger partial charge is 0.374 e. The predicted octanol–water partition coefficient (Wildman–Crippen LogP) is 4.81. The fourth-order valence-corrected chi connectivity index (χ4v) is 5.25. The summed E-state index contributed by atoms with van der Waals surface area (Å²) in [6.07, 6.45) is 0.640. The maximum atomic E-state index is 12.7. The van der Waals surface area contributed by atoms with E-state index < -0.39 is 11.0 Å². The van der Waals surface area contributed by atoms with Crippen LogP contribution in [-0.4, -0.2) is 36.9 Å². The molecule has 2 amide bonds. The number of nitrogens with zero attached hydrogens (tertiary/aromatic N) is 2. The normalized spacial score (nSPS) is 21.2. The highest BCUT2D eigenvalue weighted by atomic mass is 35.5. The van der Waals surface area contributed by atoms with E-state index in [1.807, 2.05) is 44.2 Å². The summed E-state index contributed by atoms with van der Waals surface area (Å²) in [6.45, 7) is 6.47. The molecular weight excluding hydrogens is 445 g/mol. The molecule has 0 aliphatic carbocycles. The van der Waals surface area contributed by atoms with Crippen molar-refractivity contribution < 1.29 is 9.59 Å². The second-order valence-corrected chi connectivity index (χ2v) is 9.67. The zero-order chi connectivity index (χ0) is 23.3. The van der Waals surface area contributed by atoms with Gasteiger partial charge in [0.05, 0.1) is 21.0 Å². The van der Waals surface area contributed by atoms with Crippen LogP contribution in [-0.2, 0) is 20.5 Å². The van der Waals surface area contributed by atoms with E-state index in [2.05, 4.69) is 17.2 Å². The summed E-state index contributed by atoms with van der Waals surface area (Å²) in [6, 6.07) is 11.5. The third-order valence-corrected chi connectivity index (χ3v) is 7.33. The Hall–Kier alpha value is -2.68. The quantitative estimate of drug-likeness (QED) is 0.656. The summed E-state index contributed by atoms with van der Waals surface area (Å²) in [7, 11) is 1.79. The molecule has 5 nitrogen and oxygen atoms in total. The summed E-state index contributed by atoms with van der Waals surface area (Å²) < 4.78 is 0. The molecular formula is C25H25Cl2N3O2. The molecule has 1 atom stereocenters. The molecule has 1 fully saturated rings. The SMILES string of the molecule is CC#CC(=O)N1CCC(Nc2ccc3c(c2)N(C)C(=O)C3(C)C)(c2cccc(Cl)c2Cl)C1. The standard InChI is InChI=1S/C25H25Cl2N3O2/c1-5-7-21(31)30-13-12-25(15-30,18-8-6-9-19(26)22(18)27)28-16-10-11-17-20(14-16)29(4)23(32)24(17,2)3/h6,8-11,14,28H,12-13,15H2,1-4H3. The van der Waals surface area contributed by atoms with Crippen LogP contribution in [0, 0.1) is 11.8 Å². The lowest BCUT2D eigenvalue weighted by Gasteiger charge is -2.33. The third-order valence-electron chi connectivity index (χ3n) is 6.51. The number of benzene rings is 2. The van der Waals surface area contributed by atoms with E-state index in [4.69, 9.17) is 23.2 Å². The molecule has 1 saturated heterocycles. The Morgan fingerprint density at radius 1 is 1.16 bits per heavy atom. The molecule has 2 aromatic rings. The molecule has 2 aliphatic rings. The van der Waals surface area contributed by atoms with E-state index >= 15 is 0 Å². The molecule has 2 heterocycles. The second-order valence-electron chi connectivity index (χ2n) is 8.88. The van der Waals surface area contributed by atoms with Crippen LogP contribution < -0.4 is 10.2 Å². The summed E-state index contributed by atoms with van der Waals surface area (Å²) in [5, 5.41) is 4.56. The minimum absolute atomic E-state index is 0.0630. The number of likely N-dealkylation sites (tertiary alicyclic amines) is 1. The minimum atomic E-state index is -0.641. The van der Waals surface area contributed by atoms with Crippen LogP contribution in [0.4, 0.5) is 11.4 Å². The number of halogens is 2. The summed E-state index contributed by atoms with van der Waals surface area (Å²) >= 11 is 13.0. The zero-order valence-electron chi connectivity index (χ0n) is 18.6. The van der Waals surface area contributed by atoms with Gasteiger partial charge in [-0.3, -0.25) is 9.59 Å². The Kier molecular flexibility index (Phi) is 5.65. The van der Waals surface area contributed by atoms with Crippen LogP contribution in [0.3, 0.4) is 0 Å². The number of likely N-dealkylation sites (N-methyl/N-ethyl adjacent to an activating group) is 1. The van der Waals surface area contributed by atoms with E-state index in [1.54, 1.807) is 29.8 Å². The lowest BCUT2D eigenvalue weighted by molar-refractivity contribution is -0.124. The Bertz CT molecular complexity index is 1180. The predicted molar refractivity (Wildman–Crippen MR) is 129 cm³/mol. The average Bonchev–Trinajstić information content (AvgIpc) is 3.25. The molecule has 4 rings (SSSR count).